The zero-order chi connectivity index (χ0) is 17.1. The Kier molecular flexibility index (Phi) is 4.39. The van der Waals surface area contributed by atoms with Gasteiger partial charge < -0.3 is 4.90 Å². The Morgan fingerprint density at radius 1 is 1.29 bits per heavy atom. The molecule has 0 aliphatic heterocycles. The van der Waals surface area contributed by atoms with Gasteiger partial charge in [0, 0.05) is 31.4 Å². The number of carbonyl (C=O) groups is 1. The molecule has 0 saturated carbocycles. The third-order valence-electron chi connectivity index (χ3n) is 3.41. The molecule has 0 bridgehead atoms. The summed E-state index contributed by atoms with van der Waals surface area (Å²) in [5.74, 6) is -0.249. The third-order valence-corrected chi connectivity index (χ3v) is 4.43. The van der Waals surface area contributed by atoms with Crippen LogP contribution in [0.25, 0.3) is 5.69 Å². The Bertz CT molecular complexity index is 872. The van der Waals surface area contributed by atoms with E-state index in [0.717, 1.165) is 22.6 Å². The van der Waals surface area contributed by atoms with E-state index in [1.165, 1.54) is 17.0 Å². The van der Waals surface area contributed by atoms with Crippen molar-refractivity contribution in [2.24, 2.45) is 0 Å². The molecule has 7 nitrogen and oxygen atoms in total. The first-order valence-electron chi connectivity index (χ1n) is 7.13. The topological polar surface area (TPSA) is 81.3 Å². The highest BCUT2D eigenvalue weighted by atomic mass is 32.1. The Morgan fingerprint density at radius 2 is 2.04 bits per heavy atom. The van der Waals surface area contributed by atoms with Crippen molar-refractivity contribution in [2.75, 3.05) is 7.05 Å². The van der Waals surface area contributed by atoms with Crippen LogP contribution in [0.5, 0.6) is 0 Å². The van der Waals surface area contributed by atoms with Gasteiger partial charge in [0.15, 0.2) is 0 Å². The largest absolute Gasteiger partial charge is 0.337 e. The van der Waals surface area contributed by atoms with Gasteiger partial charge in [0.25, 0.3) is 5.91 Å². The highest BCUT2D eigenvalue weighted by Crippen LogP contribution is 2.25. The first kappa shape index (κ1) is 15.9. The van der Waals surface area contributed by atoms with E-state index in [4.69, 9.17) is 0 Å². The second kappa shape index (κ2) is 6.63. The Balaban J connectivity index is 1.70. The normalized spacial score (nSPS) is 10.5. The van der Waals surface area contributed by atoms with Crippen molar-refractivity contribution in [1.82, 2.24) is 14.7 Å². The second-order valence-electron chi connectivity index (χ2n) is 5.18. The molecule has 3 aromatic rings. The van der Waals surface area contributed by atoms with E-state index in [2.05, 4.69) is 5.10 Å². The number of carbonyl (C=O) groups excluding carboxylic acids is 1. The molecule has 0 aliphatic carbocycles. The van der Waals surface area contributed by atoms with Crippen molar-refractivity contribution in [2.45, 2.75) is 6.54 Å². The van der Waals surface area contributed by atoms with Crippen LogP contribution in [-0.2, 0) is 6.54 Å². The summed E-state index contributed by atoms with van der Waals surface area (Å²) in [5.41, 5.74) is 1.81. The quantitative estimate of drug-likeness (QED) is 0.527. The molecule has 3 rings (SSSR count). The maximum Gasteiger partial charge on any atom is 0.324 e. The second-order valence-corrected chi connectivity index (χ2v) is 6.25. The van der Waals surface area contributed by atoms with E-state index in [0.29, 0.717) is 11.4 Å². The molecule has 0 aliphatic rings. The van der Waals surface area contributed by atoms with Crippen molar-refractivity contribution in [3.63, 3.8) is 0 Å². The molecule has 1 amide bonds. The minimum Gasteiger partial charge on any atom is -0.337 e. The maximum absolute atomic E-state index is 12.3. The molecule has 1 aromatic carbocycles. The molecular formula is C16H14N4O3S. The summed E-state index contributed by atoms with van der Waals surface area (Å²) in [6.45, 7) is 0.372. The van der Waals surface area contributed by atoms with Gasteiger partial charge in [0.1, 0.15) is 0 Å². The van der Waals surface area contributed by atoms with Crippen LogP contribution in [-0.4, -0.2) is 32.6 Å². The van der Waals surface area contributed by atoms with E-state index in [9.17, 15) is 14.9 Å². The Labute approximate surface area is 141 Å². The van der Waals surface area contributed by atoms with Gasteiger partial charge in [-0.05, 0) is 18.2 Å². The smallest absolute Gasteiger partial charge is 0.324 e. The maximum atomic E-state index is 12.3. The van der Waals surface area contributed by atoms with Gasteiger partial charge in [-0.15, -0.1) is 0 Å². The summed E-state index contributed by atoms with van der Waals surface area (Å²) < 4.78 is 1.74. The van der Waals surface area contributed by atoms with Crippen molar-refractivity contribution in [3.8, 4) is 5.69 Å². The lowest BCUT2D eigenvalue weighted by Gasteiger charge is -2.14. The summed E-state index contributed by atoms with van der Waals surface area (Å²) in [7, 11) is 1.66. The first-order chi connectivity index (χ1) is 11.5. The Morgan fingerprint density at radius 3 is 2.71 bits per heavy atom. The van der Waals surface area contributed by atoms with Gasteiger partial charge in [-0.25, -0.2) is 4.68 Å². The minimum atomic E-state index is -0.495. The molecule has 122 valence electrons. The number of nitro groups is 1. The van der Waals surface area contributed by atoms with Gasteiger partial charge in [-0.2, -0.15) is 5.10 Å². The van der Waals surface area contributed by atoms with Gasteiger partial charge in [-0.1, -0.05) is 29.5 Å². The lowest BCUT2D eigenvalue weighted by atomic mass is 10.3. The fraction of sp³-hybridized carbons (Fsp3) is 0.125. The molecule has 8 heteroatoms. The number of hydrogen-bond acceptors (Lipinski definition) is 5. The number of amides is 1. The number of para-hydroxylation sites is 1. The molecule has 0 unspecified atom stereocenters. The number of aromatic nitrogens is 2. The zero-order valence-corrected chi connectivity index (χ0v) is 13.6. The number of benzene rings is 1. The van der Waals surface area contributed by atoms with E-state index in [1.807, 2.05) is 36.5 Å². The molecule has 2 aromatic heterocycles. The van der Waals surface area contributed by atoms with Crippen LogP contribution in [0.1, 0.15) is 15.2 Å². The average molecular weight is 342 g/mol. The van der Waals surface area contributed by atoms with Crippen LogP contribution >= 0.6 is 11.3 Å². The minimum absolute atomic E-state index is 0.0383. The van der Waals surface area contributed by atoms with E-state index < -0.39 is 4.92 Å². The highest BCUT2D eigenvalue weighted by molar-refractivity contribution is 7.17. The van der Waals surface area contributed by atoms with E-state index in [1.54, 1.807) is 17.9 Å². The predicted molar refractivity (Wildman–Crippen MR) is 90.3 cm³/mol. The number of hydrogen-bond donors (Lipinski definition) is 0. The number of thiophene rings is 1. The summed E-state index contributed by atoms with van der Waals surface area (Å²) in [6, 6.07) is 12.5. The molecular weight excluding hydrogens is 328 g/mol. The summed E-state index contributed by atoms with van der Waals surface area (Å²) in [6.07, 6.45) is 3.56. The molecule has 0 atom stereocenters. The van der Waals surface area contributed by atoms with Crippen molar-refractivity contribution < 1.29 is 9.72 Å². The SMILES string of the molecule is CN(Cc1cnn(-c2ccccc2)c1)C(=O)c1ccc([N+](=O)[O-])s1. The van der Waals surface area contributed by atoms with E-state index >= 15 is 0 Å². The molecule has 0 saturated heterocycles. The van der Waals surface area contributed by atoms with Crippen molar-refractivity contribution in [1.29, 1.82) is 0 Å². The van der Waals surface area contributed by atoms with Crippen LogP contribution in [0.2, 0.25) is 0 Å². The fourth-order valence-electron chi connectivity index (χ4n) is 2.24. The molecule has 0 N–H and O–H groups in total. The highest BCUT2D eigenvalue weighted by Gasteiger charge is 2.19. The van der Waals surface area contributed by atoms with Crippen LogP contribution in [0.3, 0.4) is 0 Å². The molecule has 0 fully saturated rings. The van der Waals surface area contributed by atoms with Gasteiger partial charge in [-0.3, -0.25) is 14.9 Å². The van der Waals surface area contributed by atoms with Crippen LogP contribution < -0.4 is 0 Å². The van der Waals surface area contributed by atoms with Crippen molar-refractivity contribution in [3.05, 3.63) is 75.4 Å². The summed E-state index contributed by atoms with van der Waals surface area (Å²) >= 11 is 0.879. The molecule has 2 heterocycles. The van der Waals surface area contributed by atoms with Crippen molar-refractivity contribution >= 4 is 22.2 Å². The lowest BCUT2D eigenvalue weighted by molar-refractivity contribution is -0.380. The average Bonchev–Trinajstić information content (AvgIpc) is 3.24. The van der Waals surface area contributed by atoms with Crippen LogP contribution in [0.4, 0.5) is 5.00 Å². The lowest BCUT2D eigenvalue weighted by Crippen LogP contribution is -2.25. The fourth-order valence-corrected chi connectivity index (χ4v) is 3.05. The van der Waals surface area contributed by atoms with Crippen LogP contribution in [0.15, 0.2) is 54.9 Å². The first-order valence-corrected chi connectivity index (χ1v) is 7.95. The number of nitrogens with zero attached hydrogens (tertiary/aromatic N) is 4. The predicted octanol–water partition coefficient (Wildman–Crippen LogP) is 3.11. The van der Waals surface area contributed by atoms with Gasteiger partial charge >= 0.3 is 5.00 Å². The summed E-state index contributed by atoms with van der Waals surface area (Å²) in [5, 5.41) is 15.0. The molecule has 0 spiro atoms. The molecule has 0 radical (unpaired) electrons. The van der Waals surface area contributed by atoms with E-state index in [-0.39, 0.29) is 10.9 Å². The van der Waals surface area contributed by atoms with Gasteiger partial charge in [0.05, 0.1) is 21.7 Å². The number of rotatable bonds is 5. The third kappa shape index (κ3) is 3.33. The van der Waals surface area contributed by atoms with Crippen LogP contribution in [0, 0.1) is 10.1 Å². The molecule has 24 heavy (non-hydrogen) atoms. The standard InChI is InChI=1S/C16H14N4O3S/c1-18(16(21)14-7-8-15(24-14)20(22)23)10-12-9-17-19(11-12)13-5-3-2-4-6-13/h2-9,11H,10H2,1H3. The van der Waals surface area contributed by atoms with Gasteiger partial charge in [0.2, 0.25) is 0 Å². The zero-order valence-electron chi connectivity index (χ0n) is 12.8. The monoisotopic (exact) mass is 342 g/mol. The summed E-state index contributed by atoms with van der Waals surface area (Å²) in [4.78, 5) is 24.4. The Hall–Kier alpha value is -3.00.